The smallest absolute Gasteiger partial charge is 0.191 e. The monoisotopic (exact) mass is 443 g/mol. The maximum Gasteiger partial charge on any atom is 0.191 e. The second-order valence-electron chi connectivity index (χ2n) is 5.14. The summed E-state index contributed by atoms with van der Waals surface area (Å²) in [5, 5.41) is 6.35. The van der Waals surface area contributed by atoms with Crippen LogP contribution in [0.5, 0.6) is 5.75 Å². The molecule has 4 nitrogen and oxygen atoms in total. The molecule has 0 saturated heterocycles. The van der Waals surface area contributed by atoms with Gasteiger partial charge in [0.05, 0.1) is 6.54 Å². The van der Waals surface area contributed by atoms with Crippen molar-refractivity contribution in [1.82, 2.24) is 10.6 Å². The molecule has 0 saturated carbocycles. The van der Waals surface area contributed by atoms with Crippen molar-refractivity contribution in [2.75, 3.05) is 20.2 Å². The minimum absolute atomic E-state index is 0. The van der Waals surface area contributed by atoms with Crippen molar-refractivity contribution in [3.8, 4) is 5.75 Å². The average molecular weight is 443 g/mol. The maximum atomic E-state index is 12.9. The first-order valence-corrected chi connectivity index (χ1v) is 7.56. The highest BCUT2D eigenvalue weighted by Gasteiger charge is 1.99. The molecule has 0 radical (unpaired) electrons. The highest BCUT2D eigenvalue weighted by Crippen LogP contribution is 2.11. The average Bonchev–Trinajstić information content (AvgIpc) is 2.56. The van der Waals surface area contributed by atoms with E-state index in [-0.39, 0.29) is 29.8 Å². The second kappa shape index (κ2) is 10.9. The number of hydrogen-bond donors (Lipinski definition) is 2. The van der Waals surface area contributed by atoms with Crippen molar-refractivity contribution >= 4 is 29.9 Å². The topological polar surface area (TPSA) is 45.7 Å². The molecular weight excluding hydrogens is 420 g/mol. The summed E-state index contributed by atoms with van der Waals surface area (Å²) < 4.78 is 18.5. The Morgan fingerprint density at radius 2 is 1.88 bits per heavy atom. The third-order valence-electron chi connectivity index (χ3n) is 3.25. The van der Waals surface area contributed by atoms with E-state index in [4.69, 9.17) is 4.74 Å². The van der Waals surface area contributed by atoms with Crippen LogP contribution in [-0.2, 0) is 6.54 Å². The number of aliphatic imine (C=N–C) groups is 1. The number of halogens is 2. The van der Waals surface area contributed by atoms with E-state index in [1.165, 1.54) is 17.7 Å². The molecule has 0 amide bonds. The quantitative estimate of drug-likeness (QED) is 0.311. The normalized spacial score (nSPS) is 10.7. The zero-order chi connectivity index (χ0) is 16.5. The number of nitrogens with one attached hydrogen (secondary N) is 2. The largest absolute Gasteiger partial charge is 0.492 e. The maximum absolute atomic E-state index is 12.9. The molecule has 130 valence electrons. The summed E-state index contributed by atoms with van der Waals surface area (Å²) in [4.78, 5) is 4.14. The minimum Gasteiger partial charge on any atom is -0.492 e. The lowest BCUT2D eigenvalue weighted by atomic mass is 10.2. The van der Waals surface area contributed by atoms with Gasteiger partial charge in [-0.25, -0.2) is 4.39 Å². The number of benzene rings is 2. The number of hydrogen-bond acceptors (Lipinski definition) is 2. The minimum atomic E-state index is -0.232. The van der Waals surface area contributed by atoms with Crippen LogP contribution in [0.4, 0.5) is 4.39 Å². The van der Waals surface area contributed by atoms with Crippen LogP contribution in [0.1, 0.15) is 11.1 Å². The van der Waals surface area contributed by atoms with E-state index in [1.807, 2.05) is 31.2 Å². The predicted molar refractivity (Wildman–Crippen MR) is 107 cm³/mol. The summed E-state index contributed by atoms with van der Waals surface area (Å²) in [5.74, 6) is 1.31. The summed E-state index contributed by atoms with van der Waals surface area (Å²) in [6, 6.07) is 14.3. The van der Waals surface area contributed by atoms with E-state index >= 15 is 0 Å². The molecule has 0 aliphatic rings. The highest BCUT2D eigenvalue weighted by molar-refractivity contribution is 14.0. The fraction of sp³-hybridized carbons (Fsp3) is 0.278. The van der Waals surface area contributed by atoms with Crippen LogP contribution < -0.4 is 15.4 Å². The Morgan fingerprint density at radius 1 is 1.12 bits per heavy atom. The van der Waals surface area contributed by atoms with Gasteiger partial charge in [-0.15, -0.1) is 24.0 Å². The fourth-order valence-electron chi connectivity index (χ4n) is 2.05. The molecule has 0 unspecified atom stereocenters. The van der Waals surface area contributed by atoms with Gasteiger partial charge in [-0.3, -0.25) is 4.99 Å². The molecule has 0 heterocycles. The van der Waals surface area contributed by atoms with Crippen LogP contribution in [0.15, 0.2) is 53.5 Å². The standard InChI is InChI=1S/C18H22FN3O.HI/c1-14-4-3-5-17(12-14)23-11-10-21-18(20-2)22-13-15-6-8-16(19)9-7-15;/h3-9,12H,10-11,13H2,1-2H3,(H2,20,21,22);1H. The van der Waals surface area contributed by atoms with Gasteiger partial charge in [-0.05, 0) is 42.3 Å². The van der Waals surface area contributed by atoms with Crippen molar-refractivity contribution in [2.45, 2.75) is 13.5 Å². The lowest BCUT2D eigenvalue weighted by Crippen LogP contribution is -2.38. The van der Waals surface area contributed by atoms with Crippen molar-refractivity contribution in [3.05, 3.63) is 65.5 Å². The SMILES string of the molecule is CN=C(NCCOc1cccc(C)c1)NCc1ccc(F)cc1.I. The third-order valence-corrected chi connectivity index (χ3v) is 3.25. The number of guanidine groups is 1. The molecule has 2 rings (SSSR count). The van der Waals surface area contributed by atoms with Crippen LogP contribution in [0.25, 0.3) is 0 Å². The Labute approximate surface area is 159 Å². The molecule has 0 aromatic heterocycles. The first kappa shape index (κ1) is 20.2. The second-order valence-corrected chi connectivity index (χ2v) is 5.14. The van der Waals surface area contributed by atoms with E-state index in [9.17, 15) is 4.39 Å². The van der Waals surface area contributed by atoms with E-state index in [2.05, 4.69) is 15.6 Å². The summed E-state index contributed by atoms with van der Waals surface area (Å²) in [5.41, 5.74) is 2.16. The summed E-state index contributed by atoms with van der Waals surface area (Å²) in [6.07, 6.45) is 0. The lowest BCUT2D eigenvalue weighted by molar-refractivity contribution is 0.321. The zero-order valence-corrected chi connectivity index (χ0v) is 16.2. The molecule has 0 aliphatic heterocycles. The Balaban J connectivity index is 0.00000288. The summed E-state index contributed by atoms with van der Waals surface area (Å²) in [7, 11) is 1.71. The predicted octanol–water partition coefficient (Wildman–Crippen LogP) is 3.50. The van der Waals surface area contributed by atoms with E-state index in [0.717, 1.165) is 11.3 Å². The van der Waals surface area contributed by atoms with Crippen LogP contribution in [0.3, 0.4) is 0 Å². The molecule has 0 bridgehead atoms. The molecule has 24 heavy (non-hydrogen) atoms. The first-order valence-electron chi connectivity index (χ1n) is 7.56. The van der Waals surface area contributed by atoms with Gasteiger partial charge in [0.2, 0.25) is 0 Å². The van der Waals surface area contributed by atoms with Crippen LogP contribution >= 0.6 is 24.0 Å². The van der Waals surface area contributed by atoms with Gasteiger partial charge in [-0.2, -0.15) is 0 Å². The van der Waals surface area contributed by atoms with Gasteiger partial charge >= 0.3 is 0 Å². The van der Waals surface area contributed by atoms with Crippen LogP contribution in [-0.4, -0.2) is 26.2 Å². The molecule has 0 atom stereocenters. The van der Waals surface area contributed by atoms with Gasteiger partial charge in [0.1, 0.15) is 18.2 Å². The lowest BCUT2D eigenvalue weighted by Gasteiger charge is -2.12. The van der Waals surface area contributed by atoms with Crippen LogP contribution in [0, 0.1) is 12.7 Å². The Hall–Kier alpha value is -1.83. The third kappa shape index (κ3) is 7.16. The van der Waals surface area contributed by atoms with E-state index < -0.39 is 0 Å². The highest BCUT2D eigenvalue weighted by atomic mass is 127. The van der Waals surface area contributed by atoms with E-state index in [1.54, 1.807) is 19.2 Å². The van der Waals surface area contributed by atoms with Gasteiger partial charge in [-0.1, -0.05) is 24.3 Å². The summed E-state index contributed by atoms with van der Waals surface area (Å²) in [6.45, 7) is 3.79. The molecule has 2 aromatic rings. The van der Waals surface area contributed by atoms with Gasteiger partial charge in [0.15, 0.2) is 5.96 Å². The number of aryl methyl sites for hydroxylation is 1. The molecule has 6 heteroatoms. The molecule has 0 fully saturated rings. The Kier molecular flexibility index (Phi) is 9.14. The van der Waals surface area contributed by atoms with E-state index in [0.29, 0.717) is 25.7 Å². The molecule has 2 N–H and O–H groups in total. The number of ether oxygens (including phenoxy) is 1. The van der Waals surface area contributed by atoms with Gasteiger partial charge < -0.3 is 15.4 Å². The molecule has 0 aliphatic carbocycles. The van der Waals surface area contributed by atoms with Crippen molar-refractivity contribution in [1.29, 1.82) is 0 Å². The first-order chi connectivity index (χ1) is 11.2. The van der Waals surface area contributed by atoms with Crippen LogP contribution in [0.2, 0.25) is 0 Å². The number of nitrogens with zero attached hydrogens (tertiary/aromatic N) is 1. The Morgan fingerprint density at radius 3 is 2.54 bits per heavy atom. The van der Waals surface area contributed by atoms with Crippen molar-refractivity contribution in [3.63, 3.8) is 0 Å². The molecule has 0 spiro atoms. The summed E-state index contributed by atoms with van der Waals surface area (Å²) >= 11 is 0. The van der Waals surface area contributed by atoms with Crippen molar-refractivity contribution in [2.24, 2.45) is 4.99 Å². The van der Waals surface area contributed by atoms with Gasteiger partial charge in [0.25, 0.3) is 0 Å². The Bertz CT molecular complexity index is 647. The zero-order valence-electron chi connectivity index (χ0n) is 13.9. The van der Waals surface area contributed by atoms with Crippen molar-refractivity contribution < 1.29 is 9.13 Å². The number of rotatable bonds is 6. The fourth-order valence-corrected chi connectivity index (χ4v) is 2.05. The molecule has 2 aromatic carbocycles. The van der Waals surface area contributed by atoms with Gasteiger partial charge in [0, 0.05) is 13.6 Å². The molecular formula is C18H23FIN3O.